The van der Waals surface area contributed by atoms with E-state index < -0.39 is 0 Å². The van der Waals surface area contributed by atoms with Crippen LogP contribution in [0.2, 0.25) is 0 Å². The van der Waals surface area contributed by atoms with E-state index in [4.69, 9.17) is 9.84 Å². The molecular weight excluding hydrogens is 230 g/mol. The van der Waals surface area contributed by atoms with Crippen LogP contribution in [0.5, 0.6) is 0 Å². The molecule has 0 amide bonds. The summed E-state index contributed by atoms with van der Waals surface area (Å²) in [7, 11) is 0. The summed E-state index contributed by atoms with van der Waals surface area (Å²) in [6.45, 7) is 6.02. The highest BCUT2D eigenvalue weighted by atomic mass is 16.5. The highest BCUT2D eigenvalue weighted by Crippen LogP contribution is 2.16. The van der Waals surface area contributed by atoms with Crippen LogP contribution in [-0.2, 0) is 9.53 Å². The SMILES string of the molecule is CCOC(=O)CCCCCN1CCC(CO)CC1. The topological polar surface area (TPSA) is 49.8 Å². The van der Waals surface area contributed by atoms with Crippen LogP contribution in [0.15, 0.2) is 0 Å². The van der Waals surface area contributed by atoms with Crippen molar-refractivity contribution in [3.63, 3.8) is 0 Å². The zero-order valence-electron chi connectivity index (χ0n) is 11.6. The first kappa shape index (κ1) is 15.4. The molecule has 0 atom stereocenters. The number of hydrogen-bond acceptors (Lipinski definition) is 4. The van der Waals surface area contributed by atoms with Gasteiger partial charge >= 0.3 is 5.97 Å². The molecular formula is C14H27NO3. The summed E-state index contributed by atoms with van der Waals surface area (Å²) in [6, 6.07) is 0. The molecule has 0 radical (unpaired) electrons. The molecule has 0 aromatic rings. The number of aliphatic hydroxyl groups excluding tert-OH is 1. The number of carbonyl (C=O) groups is 1. The Morgan fingerprint density at radius 2 is 2.00 bits per heavy atom. The molecule has 1 aliphatic rings. The monoisotopic (exact) mass is 257 g/mol. The number of rotatable bonds is 8. The predicted octanol–water partition coefficient (Wildman–Crippen LogP) is 1.81. The van der Waals surface area contributed by atoms with Crippen LogP contribution in [0, 0.1) is 5.92 Å². The first-order chi connectivity index (χ1) is 8.76. The Morgan fingerprint density at radius 3 is 2.61 bits per heavy atom. The fourth-order valence-corrected chi connectivity index (χ4v) is 2.41. The van der Waals surface area contributed by atoms with Crippen LogP contribution < -0.4 is 0 Å². The molecule has 0 saturated carbocycles. The molecule has 4 nitrogen and oxygen atoms in total. The molecule has 0 spiro atoms. The summed E-state index contributed by atoms with van der Waals surface area (Å²) in [6.07, 6.45) is 5.99. The normalized spacial score (nSPS) is 17.9. The van der Waals surface area contributed by atoms with Crippen molar-refractivity contribution in [3.8, 4) is 0 Å². The molecule has 1 aliphatic heterocycles. The third-order valence-electron chi connectivity index (χ3n) is 3.63. The van der Waals surface area contributed by atoms with Crippen LogP contribution in [0.25, 0.3) is 0 Å². The van der Waals surface area contributed by atoms with Crippen LogP contribution in [-0.4, -0.2) is 48.8 Å². The minimum absolute atomic E-state index is 0.0683. The fourth-order valence-electron chi connectivity index (χ4n) is 2.41. The zero-order valence-corrected chi connectivity index (χ0v) is 11.6. The standard InChI is InChI=1S/C14H27NO3/c1-2-18-14(17)6-4-3-5-9-15-10-7-13(12-16)8-11-15/h13,16H,2-12H2,1H3. The molecule has 0 aromatic carbocycles. The number of ether oxygens (including phenoxy) is 1. The van der Waals surface area contributed by atoms with Gasteiger partial charge in [0.05, 0.1) is 6.61 Å². The Kier molecular flexibility index (Phi) is 8.01. The zero-order chi connectivity index (χ0) is 13.2. The van der Waals surface area contributed by atoms with Gasteiger partial charge in [-0.05, 0) is 58.2 Å². The summed E-state index contributed by atoms with van der Waals surface area (Å²) in [4.78, 5) is 13.6. The van der Waals surface area contributed by atoms with Crippen molar-refractivity contribution in [1.82, 2.24) is 4.90 Å². The van der Waals surface area contributed by atoms with Crippen molar-refractivity contribution in [2.24, 2.45) is 5.92 Å². The second kappa shape index (κ2) is 9.34. The van der Waals surface area contributed by atoms with Gasteiger partial charge in [0.15, 0.2) is 0 Å². The molecule has 1 saturated heterocycles. The Labute approximate surface area is 110 Å². The number of likely N-dealkylation sites (tertiary alicyclic amines) is 1. The van der Waals surface area contributed by atoms with E-state index >= 15 is 0 Å². The number of hydrogen-bond donors (Lipinski definition) is 1. The second-order valence-electron chi connectivity index (χ2n) is 5.08. The van der Waals surface area contributed by atoms with E-state index in [1.165, 1.54) is 0 Å². The quantitative estimate of drug-likeness (QED) is 0.532. The summed E-state index contributed by atoms with van der Waals surface area (Å²) >= 11 is 0. The summed E-state index contributed by atoms with van der Waals surface area (Å²) in [5, 5.41) is 9.06. The van der Waals surface area contributed by atoms with Crippen molar-refractivity contribution in [2.75, 3.05) is 32.8 Å². The summed E-state index contributed by atoms with van der Waals surface area (Å²) in [5.74, 6) is 0.450. The van der Waals surface area contributed by atoms with Gasteiger partial charge in [-0.1, -0.05) is 6.42 Å². The molecule has 0 bridgehead atoms. The number of esters is 1. The largest absolute Gasteiger partial charge is 0.466 e. The van der Waals surface area contributed by atoms with Gasteiger partial charge in [0, 0.05) is 13.0 Å². The lowest BCUT2D eigenvalue weighted by molar-refractivity contribution is -0.143. The van der Waals surface area contributed by atoms with Gasteiger partial charge in [0.25, 0.3) is 0 Å². The average molecular weight is 257 g/mol. The highest BCUT2D eigenvalue weighted by molar-refractivity contribution is 5.69. The Balaban J connectivity index is 1.94. The number of carbonyl (C=O) groups excluding carboxylic acids is 1. The summed E-state index contributed by atoms with van der Waals surface area (Å²) in [5.41, 5.74) is 0. The van der Waals surface area contributed by atoms with Gasteiger partial charge in [-0.3, -0.25) is 4.79 Å². The van der Waals surface area contributed by atoms with Crippen molar-refractivity contribution in [3.05, 3.63) is 0 Å². The van der Waals surface area contributed by atoms with Gasteiger partial charge < -0.3 is 14.7 Å². The van der Waals surface area contributed by atoms with Gasteiger partial charge in [-0.15, -0.1) is 0 Å². The molecule has 1 rings (SSSR count). The Bertz CT molecular complexity index is 225. The van der Waals surface area contributed by atoms with Gasteiger partial charge in [-0.25, -0.2) is 0 Å². The highest BCUT2D eigenvalue weighted by Gasteiger charge is 2.17. The average Bonchev–Trinajstić information content (AvgIpc) is 2.39. The second-order valence-corrected chi connectivity index (χ2v) is 5.08. The van der Waals surface area contributed by atoms with E-state index in [0.717, 1.165) is 51.7 Å². The molecule has 106 valence electrons. The lowest BCUT2D eigenvalue weighted by Gasteiger charge is -2.30. The summed E-state index contributed by atoms with van der Waals surface area (Å²) < 4.78 is 4.89. The molecule has 1 heterocycles. The number of aliphatic hydroxyl groups is 1. The Hall–Kier alpha value is -0.610. The maximum atomic E-state index is 11.1. The van der Waals surface area contributed by atoms with Gasteiger partial charge in [0.1, 0.15) is 0 Å². The maximum absolute atomic E-state index is 11.1. The maximum Gasteiger partial charge on any atom is 0.305 e. The van der Waals surface area contributed by atoms with E-state index in [9.17, 15) is 4.79 Å². The van der Waals surface area contributed by atoms with Crippen molar-refractivity contribution in [2.45, 2.75) is 45.4 Å². The number of nitrogens with zero attached hydrogens (tertiary/aromatic N) is 1. The van der Waals surface area contributed by atoms with E-state index in [1.54, 1.807) is 0 Å². The van der Waals surface area contributed by atoms with E-state index in [0.29, 0.717) is 25.6 Å². The third-order valence-corrected chi connectivity index (χ3v) is 3.63. The lowest BCUT2D eigenvalue weighted by atomic mass is 9.98. The first-order valence-corrected chi connectivity index (χ1v) is 7.25. The van der Waals surface area contributed by atoms with E-state index in [2.05, 4.69) is 4.90 Å². The molecule has 0 aromatic heterocycles. The van der Waals surface area contributed by atoms with Crippen molar-refractivity contribution >= 4 is 5.97 Å². The fraction of sp³-hybridized carbons (Fsp3) is 0.929. The first-order valence-electron chi connectivity index (χ1n) is 7.25. The van der Waals surface area contributed by atoms with Crippen LogP contribution >= 0.6 is 0 Å². The third kappa shape index (κ3) is 6.36. The predicted molar refractivity (Wildman–Crippen MR) is 71.4 cm³/mol. The van der Waals surface area contributed by atoms with Crippen molar-refractivity contribution in [1.29, 1.82) is 0 Å². The van der Waals surface area contributed by atoms with E-state index in [1.807, 2.05) is 6.92 Å². The lowest BCUT2D eigenvalue weighted by Crippen LogP contribution is -2.35. The minimum Gasteiger partial charge on any atom is -0.466 e. The smallest absolute Gasteiger partial charge is 0.305 e. The number of piperidine rings is 1. The molecule has 0 unspecified atom stereocenters. The molecule has 18 heavy (non-hydrogen) atoms. The van der Waals surface area contributed by atoms with E-state index in [-0.39, 0.29) is 5.97 Å². The minimum atomic E-state index is -0.0683. The molecule has 4 heteroatoms. The van der Waals surface area contributed by atoms with Crippen LogP contribution in [0.1, 0.15) is 45.4 Å². The van der Waals surface area contributed by atoms with Gasteiger partial charge in [-0.2, -0.15) is 0 Å². The number of unbranched alkanes of at least 4 members (excludes halogenated alkanes) is 2. The molecule has 1 N–H and O–H groups in total. The molecule has 1 fully saturated rings. The van der Waals surface area contributed by atoms with Gasteiger partial charge in [0.2, 0.25) is 0 Å². The molecule has 0 aliphatic carbocycles. The Morgan fingerprint density at radius 1 is 1.28 bits per heavy atom. The van der Waals surface area contributed by atoms with Crippen molar-refractivity contribution < 1.29 is 14.6 Å². The van der Waals surface area contributed by atoms with Crippen LogP contribution in [0.3, 0.4) is 0 Å². The van der Waals surface area contributed by atoms with Crippen LogP contribution in [0.4, 0.5) is 0 Å².